The van der Waals surface area contributed by atoms with Crippen molar-refractivity contribution in [1.82, 2.24) is 9.55 Å². The Balaban J connectivity index is 1.57. The molecule has 30 heavy (non-hydrogen) atoms. The van der Waals surface area contributed by atoms with Crippen LogP contribution in [0, 0.1) is 0 Å². The maximum absolute atomic E-state index is 12.9. The number of para-hydroxylation sites is 2. The van der Waals surface area contributed by atoms with E-state index in [1.807, 2.05) is 42.2 Å². The molecule has 0 saturated carbocycles. The van der Waals surface area contributed by atoms with Gasteiger partial charge in [0.05, 0.1) is 17.6 Å². The van der Waals surface area contributed by atoms with Crippen LogP contribution in [0.5, 0.6) is 5.75 Å². The first-order valence-electron chi connectivity index (χ1n) is 11.2. The summed E-state index contributed by atoms with van der Waals surface area (Å²) in [5.74, 6) is 2.16. The quantitative estimate of drug-likeness (QED) is 0.439. The van der Waals surface area contributed by atoms with Gasteiger partial charge < -0.3 is 14.2 Å². The number of imidazole rings is 1. The van der Waals surface area contributed by atoms with Gasteiger partial charge in [0.1, 0.15) is 11.6 Å². The van der Waals surface area contributed by atoms with Gasteiger partial charge in [-0.2, -0.15) is 0 Å². The number of anilines is 1. The zero-order chi connectivity index (χ0) is 20.9. The molecule has 1 aliphatic heterocycles. The summed E-state index contributed by atoms with van der Waals surface area (Å²) < 4.78 is 7.88. The van der Waals surface area contributed by atoms with E-state index in [1.165, 1.54) is 24.8 Å². The molecule has 1 aliphatic rings. The van der Waals surface area contributed by atoms with Crippen LogP contribution in [-0.4, -0.2) is 28.6 Å². The molecule has 0 radical (unpaired) electrons. The zero-order valence-corrected chi connectivity index (χ0v) is 18.0. The van der Waals surface area contributed by atoms with Crippen LogP contribution in [0.2, 0.25) is 0 Å². The molecule has 0 bridgehead atoms. The number of aromatic nitrogens is 2. The molecule has 1 unspecified atom stereocenters. The summed E-state index contributed by atoms with van der Waals surface area (Å²) in [6.07, 6.45) is 5.36. The van der Waals surface area contributed by atoms with Crippen molar-refractivity contribution in [3.05, 3.63) is 54.4 Å². The molecule has 2 aromatic carbocycles. The van der Waals surface area contributed by atoms with E-state index in [0.717, 1.165) is 35.7 Å². The molecule has 3 aromatic rings. The Kier molecular flexibility index (Phi) is 6.36. The van der Waals surface area contributed by atoms with Crippen LogP contribution in [0.15, 0.2) is 48.5 Å². The highest BCUT2D eigenvalue weighted by Crippen LogP contribution is 2.34. The first-order chi connectivity index (χ1) is 14.7. The molecule has 1 amide bonds. The van der Waals surface area contributed by atoms with Gasteiger partial charge in [-0.25, -0.2) is 4.98 Å². The van der Waals surface area contributed by atoms with Gasteiger partial charge in [0.25, 0.3) is 0 Å². The zero-order valence-electron chi connectivity index (χ0n) is 18.0. The number of hydrogen-bond acceptors (Lipinski definition) is 3. The molecule has 0 spiro atoms. The Morgan fingerprint density at radius 3 is 2.60 bits per heavy atom. The van der Waals surface area contributed by atoms with Crippen molar-refractivity contribution in [1.29, 1.82) is 0 Å². The number of hydrogen-bond donors (Lipinski definition) is 0. The molecular formula is C25H31N3O2. The van der Waals surface area contributed by atoms with Crippen molar-refractivity contribution in [2.24, 2.45) is 0 Å². The molecule has 4 rings (SSSR count). The van der Waals surface area contributed by atoms with Crippen molar-refractivity contribution in [3.8, 4) is 5.75 Å². The molecule has 2 heterocycles. The third-order valence-corrected chi connectivity index (χ3v) is 5.87. The van der Waals surface area contributed by atoms with Crippen LogP contribution >= 0.6 is 0 Å². The standard InChI is InChI=1S/C25H31N3O2/c1-3-5-6-9-16-27-23-11-8-7-10-22(23)26-25(27)19-17-24(29)28(18-19)20-12-14-21(15-13-20)30-4-2/h7-8,10-15,19H,3-6,9,16-18H2,1-2H3. The highest BCUT2D eigenvalue weighted by atomic mass is 16.5. The van der Waals surface area contributed by atoms with Gasteiger partial charge in [0.2, 0.25) is 5.91 Å². The molecule has 5 heteroatoms. The number of fused-ring (bicyclic) bond motifs is 1. The molecule has 0 N–H and O–H groups in total. The van der Waals surface area contributed by atoms with E-state index in [-0.39, 0.29) is 11.8 Å². The topological polar surface area (TPSA) is 47.4 Å². The van der Waals surface area contributed by atoms with Crippen LogP contribution in [0.25, 0.3) is 11.0 Å². The summed E-state index contributed by atoms with van der Waals surface area (Å²) in [5.41, 5.74) is 3.13. The van der Waals surface area contributed by atoms with Crippen molar-refractivity contribution in [3.63, 3.8) is 0 Å². The van der Waals surface area contributed by atoms with Crippen LogP contribution in [0.1, 0.15) is 57.7 Å². The molecule has 0 aliphatic carbocycles. The van der Waals surface area contributed by atoms with Gasteiger partial charge in [-0.3, -0.25) is 4.79 Å². The van der Waals surface area contributed by atoms with E-state index in [4.69, 9.17) is 9.72 Å². The number of amides is 1. The van der Waals surface area contributed by atoms with Crippen molar-refractivity contribution in [2.75, 3.05) is 18.1 Å². The minimum absolute atomic E-state index is 0.114. The Morgan fingerprint density at radius 1 is 1.03 bits per heavy atom. The summed E-state index contributed by atoms with van der Waals surface area (Å²) in [7, 11) is 0. The van der Waals surface area contributed by atoms with Crippen LogP contribution in [0.4, 0.5) is 5.69 Å². The number of ether oxygens (including phenoxy) is 1. The van der Waals surface area contributed by atoms with E-state index in [9.17, 15) is 4.79 Å². The fraction of sp³-hybridized carbons (Fsp3) is 0.440. The first-order valence-corrected chi connectivity index (χ1v) is 11.2. The fourth-order valence-electron chi connectivity index (χ4n) is 4.36. The summed E-state index contributed by atoms with van der Waals surface area (Å²) >= 11 is 0. The van der Waals surface area contributed by atoms with Crippen LogP contribution < -0.4 is 9.64 Å². The van der Waals surface area contributed by atoms with Crippen molar-refractivity contribution in [2.45, 2.75) is 58.4 Å². The van der Waals surface area contributed by atoms with E-state index < -0.39 is 0 Å². The van der Waals surface area contributed by atoms with Gasteiger partial charge >= 0.3 is 0 Å². The second-order valence-corrected chi connectivity index (χ2v) is 8.00. The number of carbonyl (C=O) groups excluding carboxylic acids is 1. The van der Waals surface area contributed by atoms with E-state index in [1.54, 1.807) is 0 Å². The maximum atomic E-state index is 12.9. The lowest BCUT2D eigenvalue weighted by Crippen LogP contribution is -2.24. The number of benzene rings is 2. The van der Waals surface area contributed by atoms with E-state index in [2.05, 4.69) is 29.7 Å². The first kappa shape index (κ1) is 20.5. The van der Waals surface area contributed by atoms with Crippen molar-refractivity contribution >= 4 is 22.6 Å². The lowest BCUT2D eigenvalue weighted by Gasteiger charge is -2.18. The third kappa shape index (κ3) is 4.20. The summed E-state index contributed by atoms with van der Waals surface area (Å²) in [6.45, 7) is 6.47. The molecule has 158 valence electrons. The summed E-state index contributed by atoms with van der Waals surface area (Å²) in [5, 5.41) is 0. The van der Waals surface area contributed by atoms with Gasteiger partial charge in [-0.05, 0) is 49.7 Å². The molecule has 1 saturated heterocycles. The Bertz CT molecular complexity index is 993. The normalized spacial score (nSPS) is 16.5. The highest BCUT2D eigenvalue weighted by Gasteiger charge is 2.34. The van der Waals surface area contributed by atoms with Gasteiger partial charge in [-0.1, -0.05) is 38.3 Å². The van der Waals surface area contributed by atoms with Crippen LogP contribution in [-0.2, 0) is 11.3 Å². The molecular weight excluding hydrogens is 374 g/mol. The summed E-state index contributed by atoms with van der Waals surface area (Å²) in [6, 6.07) is 16.1. The highest BCUT2D eigenvalue weighted by molar-refractivity contribution is 5.96. The number of unbranched alkanes of at least 4 members (excludes halogenated alkanes) is 3. The van der Waals surface area contributed by atoms with E-state index in [0.29, 0.717) is 19.6 Å². The van der Waals surface area contributed by atoms with Gasteiger partial charge in [-0.15, -0.1) is 0 Å². The number of aryl methyl sites for hydroxylation is 1. The molecule has 5 nitrogen and oxygen atoms in total. The van der Waals surface area contributed by atoms with Crippen molar-refractivity contribution < 1.29 is 9.53 Å². The number of rotatable bonds is 9. The predicted molar refractivity (Wildman–Crippen MR) is 121 cm³/mol. The minimum Gasteiger partial charge on any atom is -0.494 e. The SMILES string of the molecule is CCCCCCn1c(C2CC(=O)N(c3ccc(OCC)cc3)C2)nc2ccccc21. The van der Waals surface area contributed by atoms with Crippen LogP contribution in [0.3, 0.4) is 0 Å². The predicted octanol–water partition coefficient (Wildman–Crippen LogP) is 5.54. The third-order valence-electron chi connectivity index (χ3n) is 5.87. The maximum Gasteiger partial charge on any atom is 0.227 e. The largest absolute Gasteiger partial charge is 0.494 e. The van der Waals surface area contributed by atoms with Gasteiger partial charge in [0.15, 0.2) is 0 Å². The number of carbonyl (C=O) groups is 1. The van der Waals surface area contributed by atoms with Gasteiger partial charge in [0, 0.05) is 31.1 Å². The summed E-state index contributed by atoms with van der Waals surface area (Å²) in [4.78, 5) is 19.7. The second-order valence-electron chi connectivity index (χ2n) is 8.00. The minimum atomic E-state index is 0.114. The van der Waals surface area contributed by atoms with E-state index >= 15 is 0 Å². The Hall–Kier alpha value is -2.82. The second kappa shape index (κ2) is 9.33. The Labute approximate surface area is 178 Å². The number of nitrogens with zero attached hydrogens (tertiary/aromatic N) is 3. The molecule has 1 fully saturated rings. The fourth-order valence-corrected chi connectivity index (χ4v) is 4.36. The molecule has 1 atom stereocenters. The average Bonchev–Trinajstić information content (AvgIpc) is 3.33. The smallest absolute Gasteiger partial charge is 0.227 e. The Morgan fingerprint density at radius 2 is 1.83 bits per heavy atom. The monoisotopic (exact) mass is 405 g/mol. The molecule has 1 aromatic heterocycles. The lowest BCUT2D eigenvalue weighted by molar-refractivity contribution is -0.117. The average molecular weight is 406 g/mol. The lowest BCUT2D eigenvalue weighted by atomic mass is 10.1.